The Labute approximate surface area is 114 Å². The van der Waals surface area contributed by atoms with E-state index in [-0.39, 0.29) is 17.4 Å². The Morgan fingerprint density at radius 1 is 1.37 bits per heavy atom. The Bertz CT molecular complexity index is 610. The molecule has 1 aromatic heterocycles. The second kappa shape index (κ2) is 5.27. The third-order valence-electron chi connectivity index (χ3n) is 2.79. The van der Waals surface area contributed by atoms with Gasteiger partial charge in [0, 0.05) is 17.5 Å². The Morgan fingerprint density at radius 3 is 2.68 bits per heavy atom. The first-order valence-corrected chi connectivity index (χ1v) is 6.53. The van der Waals surface area contributed by atoms with Crippen molar-refractivity contribution in [1.82, 2.24) is 9.88 Å². The summed E-state index contributed by atoms with van der Waals surface area (Å²) in [5.74, 6) is -0.756. The number of nitrogens with zero attached hydrogens (tertiary/aromatic N) is 2. The minimum Gasteiger partial charge on any atom is -0.504 e. The lowest BCUT2D eigenvalue weighted by atomic mass is 10.1. The Hall–Kier alpha value is -2.08. The van der Waals surface area contributed by atoms with Crippen LogP contribution in [0.3, 0.4) is 0 Å². The van der Waals surface area contributed by atoms with Gasteiger partial charge in [-0.25, -0.2) is 4.98 Å². The van der Waals surface area contributed by atoms with Gasteiger partial charge in [-0.1, -0.05) is 0 Å². The molecule has 19 heavy (non-hydrogen) atoms. The van der Waals surface area contributed by atoms with Crippen molar-refractivity contribution in [3.05, 3.63) is 39.8 Å². The molecule has 0 atom stereocenters. The van der Waals surface area contributed by atoms with Crippen LogP contribution in [0, 0.1) is 6.92 Å². The van der Waals surface area contributed by atoms with Crippen molar-refractivity contribution in [2.45, 2.75) is 13.5 Å². The van der Waals surface area contributed by atoms with Crippen LogP contribution in [0.15, 0.2) is 23.7 Å². The van der Waals surface area contributed by atoms with Gasteiger partial charge in [0.15, 0.2) is 11.5 Å². The fraction of sp³-hybridized carbons (Fsp3) is 0.231. The standard InChI is InChI=1S/C13H14N2O3S/c1-8-12(19-7-14-8)6-15(2)13(18)9-3-4-10(16)11(17)5-9/h3-5,7,16-17H,6H2,1-2H3. The molecule has 0 saturated heterocycles. The number of thiazole rings is 1. The average Bonchev–Trinajstić information content (AvgIpc) is 2.77. The lowest BCUT2D eigenvalue weighted by molar-refractivity contribution is 0.0786. The van der Waals surface area contributed by atoms with E-state index in [0.717, 1.165) is 10.6 Å². The summed E-state index contributed by atoms with van der Waals surface area (Å²) >= 11 is 1.50. The minimum absolute atomic E-state index is 0.219. The smallest absolute Gasteiger partial charge is 0.254 e. The van der Waals surface area contributed by atoms with Gasteiger partial charge in [0.05, 0.1) is 17.7 Å². The number of rotatable bonds is 3. The molecule has 0 saturated carbocycles. The molecule has 0 aliphatic carbocycles. The van der Waals surface area contributed by atoms with Gasteiger partial charge in [0.2, 0.25) is 0 Å². The van der Waals surface area contributed by atoms with Crippen LogP contribution in [0.5, 0.6) is 11.5 Å². The van der Waals surface area contributed by atoms with E-state index in [0.29, 0.717) is 12.1 Å². The molecule has 2 rings (SSSR count). The topological polar surface area (TPSA) is 73.7 Å². The van der Waals surface area contributed by atoms with E-state index in [4.69, 9.17) is 0 Å². The summed E-state index contributed by atoms with van der Waals surface area (Å²) < 4.78 is 0. The van der Waals surface area contributed by atoms with Crippen molar-refractivity contribution >= 4 is 17.2 Å². The molecule has 1 aromatic carbocycles. The molecule has 0 fully saturated rings. The third kappa shape index (κ3) is 2.85. The van der Waals surface area contributed by atoms with Gasteiger partial charge in [0.25, 0.3) is 5.91 Å². The Kier molecular flexibility index (Phi) is 3.71. The Balaban J connectivity index is 2.15. The number of carbonyl (C=O) groups excluding carboxylic acids is 1. The predicted molar refractivity (Wildman–Crippen MR) is 72.4 cm³/mol. The van der Waals surface area contributed by atoms with Crippen molar-refractivity contribution in [3.63, 3.8) is 0 Å². The van der Waals surface area contributed by atoms with Crippen LogP contribution in [0.1, 0.15) is 20.9 Å². The van der Waals surface area contributed by atoms with Crippen LogP contribution in [-0.2, 0) is 6.54 Å². The quantitative estimate of drug-likeness (QED) is 0.844. The monoisotopic (exact) mass is 278 g/mol. The summed E-state index contributed by atoms with van der Waals surface area (Å²) in [6.45, 7) is 2.37. The fourth-order valence-electron chi connectivity index (χ4n) is 1.64. The highest BCUT2D eigenvalue weighted by Crippen LogP contribution is 2.25. The largest absolute Gasteiger partial charge is 0.504 e. The highest BCUT2D eigenvalue weighted by atomic mass is 32.1. The van der Waals surface area contributed by atoms with E-state index in [1.165, 1.54) is 29.5 Å². The van der Waals surface area contributed by atoms with Gasteiger partial charge < -0.3 is 15.1 Å². The molecular formula is C13H14N2O3S. The van der Waals surface area contributed by atoms with E-state index >= 15 is 0 Å². The second-order valence-corrected chi connectivity index (χ2v) is 5.16. The maximum atomic E-state index is 12.2. The molecule has 0 bridgehead atoms. The molecule has 0 spiro atoms. The number of phenolic OH excluding ortho intramolecular Hbond substituents is 2. The molecule has 6 heteroatoms. The van der Waals surface area contributed by atoms with E-state index < -0.39 is 0 Å². The van der Waals surface area contributed by atoms with E-state index in [1.54, 1.807) is 17.5 Å². The van der Waals surface area contributed by atoms with Crippen LogP contribution in [0.4, 0.5) is 0 Å². The zero-order chi connectivity index (χ0) is 14.0. The molecule has 1 heterocycles. The van der Waals surface area contributed by atoms with Crippen molar-refractivity contribution in [3.8, 4) is 11.5 Å². The first-order valence-electron chi connectivity index (χ1n) is 5.65. The highest BCUT2D eigenvalue weighted by Gasteiger charge is 2.15. The zero-order valence-electron chi connectivity index (χ0n) is 10.6. The summed E-state index contributed by atoms with van der Waals surface area (Å²) in [7, 11) is 1.69. The third-order valence-corrected chi connectivity index (χ3v) is 3.71. The molecule has 100 valence electrons. The van der Waals surface area contributed by atoms with Crippen molar-refractivity contribution < 1.29 is 15.0 Å². The number of benzene rings is 1. The van der Waals surface area contributed by atoms with Gasteiger partial charge in [-0.05, 0) is 25.1 Å². The molecule has 2 aromatic rings. The normalized spacial score (nSPS) is 10.4. The van der Waals surface area contributed by atoms with Gasteiger partial charge in [-0.3, -0.25) is 4.79 Å². The first kappa shape index (κ1) is 13.4. The number of carbonyl (C=O) groups is 1. The number of amides is 1. The second-order valence-electron chi connectivity index (χ2n) is 4.23. The van der Waals surface area contributed by atoms with Crippen molar-refractivity contribution in [1.29, 1.82) is 0 Å². The molecule has 0 unspecified atom stereocenters. The van der Waals surface area contributed by atoms with E-state index in [9.17, 15) is 15.0 Å². The summed E-state index contributed by atoms with van der Waals surface area (Å²) in [6, 6.07) is 4.04. The van der Waals surface area contributed by atoms with Crippen LogP contribution in [0.2, 0.25) is 0 Å². The van der Waals surface area contributed by atoms with Crippen LogP contribution < -0.4 is 0 Å². The SMILES string of the molecule is Cc1ncsc1CN(C)C(=O)c1ccc(O)c(O)c1. The van der Waals surface area contributed by atoms with Crippen molar-refractivity contribution in [2.24, 2.45) is 0 Å². The molecule has 2 N–H and O–H groups in total. The lowest BCUT2D eigenvalue weighted by Gasteiger charge is -2.16. The fourth-order valence-corrected chi connectivity index (χ4v) is 2.47. The van der Waals surface area contributed by atoms with Gasteiger partial charge in [0.1, 0.15) is 0 Å². The summed E-state index contributed by atoms with van der Waals surface area (Å²) in [5, 5.41) is 18.6. The summed E-state index contributed by atoms with van der Waals surface area (Å²) in [6.07, 6.45) is 0. The van der Waals surface area contributed by atoms with E-state index in [1.807, 2.05) is 6.92 Å². The number of hydrogen-bond donors (Lipinski definition) is 2. The first-order chi connectivity index (χ1) is 8.99. The minimum atomic E-state index is -0.298. The highest BCUT2D eigenvalue weighted by molar-refractivity contribution is 7.09. The van der Waals surface area contributed by atoms with Gasteiger partial charge >= 0.3 is 0 Å². The number of hydrogen-bond acceptors (Lipinski definition) is 5. The molecule has 1 amide bonds. The predicted octanol–water partition coefficient (Wildman–Crippen LogP) is 2.13. The zero-order valence-corrected chi connectivity index (χ0v) is 11.4. The summed E-state index contributed by atoms with van der Waals surface area (Å²) in [4.78, 5) is 18.9. The molecule has 0 aliphatic heterocycles. The molecular weight excluding hydrogens is 264 g/mol. The van der Waals surface area contributed by atoms with Crippen LogP contribution in [0.25, 0.3) is 0 Å². The average molecular weight is 278 g/mol. The molecule has 0 radical (unpaired) electrons. The van der Waals surface area contributed by atoms with Crippen LogP contribution in [-0.4, -0.2) is 33.1 Å². The maximum absolute atomic E-state index is 12.2. The number of aromatic hydroxyl groups is 2. The lowest BCUT2D eigenvalue weighted by Crippen LogP contribution is -2.26. The van der Waals surface area contributed by atoms with Crippen LogP contribution >= 0.6 is 11.3 Å². The number of aromatic nitrogens is 1. The summed E-state index contributed by atoms with van der Waals surface area (Å²) in [5.41, 5.74) is 2.99. The van der Waals surface area contributed by atoms with Crippen molar-refractivity contribution in [2.75, 3.05) is 7.05 Å². The van der Waals surface area contributed by atoms with Gasteiger partial charge in [-0.2, -0.15) is 0 Å². The molecule has 5 nitrogen and oxygen atoms in total. The maximum Gasteiger partial charge on any atom is 0.254 e. The molecule has 0 aliphatic rings. The number of phenols is 2. The number of aryl methyl sites for hydroxylation is 1. The van der Waals surface area contributed by atoms with Gasteiger partial charge in [-0.15, -0.1) is 11.3 Å². The Morgan fingerprint density at radius 2 is 2.11 bits per heavy atom. The van der Waals surface area contributed by atoms with E-state index in [2.05, 4.69) is 4.98 Å².